The molecule has 5 nitrogen and oxygen atoms in total. The molecule has 0 aromatic heterocycles. The lowest BCUT2D eigenvalue weighted by molar-refractivity contribution is -0.141. The van der Waals surface area contributed by atoms with E-state index in [-0.39, 0.29) is 5.91 Å². The van der Waals surface area contributed by atoms with Gasteiger partial charge in [-0.1, -0.05) is 42.5 Å². The first-order valence-electron chi connectivity index (χ1n) is 10.2. The highest BCUT2D eigenvalue weighted by Crippen LogP contribution is 2.22. The van der Waals surface area contributed by atoms with Crippen LogP contribution in [0.25, 0.3) is 0 Å². The van der Waals surface area contributed by atoms with Crippen molar-refractivity contribution < 1.29 is 19.1 Å². The Hall–Kier alpha value is -2.66. The number of carbonyl (C=O) groups excluding carboxylic acids is 2. The number of hydrogen-bond acceptors (Lipinski definition) is 4. The minimum absolute atomic E-state index is 0.121. The molecular formula is C24H29NO4. The van der Waals surface area contributed by atoms with E-state index in [1.54, 1.807) is 32.2 Å². The molecule has 1 amide bonds. The first-order chi connectivity index (χ1) is 14.1. The van der Waals surface area contributed by atoms with E-state index in [0.717, 1.165) is 24.8 Å². The molecule has 2 aromatic carbocycles. The summed E-state index contributed by atoms with van der Waals surface area (Å²) >= 11 is 0. The highest BCUT2D eigenvalue weighted by molar-refractivity contribution is 5.92. The fraction of sp³-hybridized carbons (Fsp3) is 0.417. The Kier molecular flexibility index (Phi) is 7.42. The summed E-state index contributed by atoms with van der Waals surface area (Å²) in [5.74, 6) is -0.0184. The van der Waals surface area contributed by atoms with Crippen molar-refractivity contribution in [1.29, 1.82) is 0 Å². The quantitative estimate of drug-likeness (QED) is 0.668. The van der Waals surface area contributed by atoms with E-state index >= 15 is 0 Å². The molecule has 1 aliphatic rings. The monoisotopic (exact) mass is 395 g/mol. The number of nitrogens with zero attached hydrogens (tertiary/aromatic N) is 1. The molecule has 1 aliphatic heterocycles. The average molecular weight is 395 g/mol. The van der Waals surface area contributed by atoms with E-state index in [1.165, 1.54) is 5.56 Å². The predicted molar refractivity (Wildman–Crippen MR) is 111 cm³/mol. The number of benzene rings is 2. The van der Waals surface area contributed by atoms with Gasteiger partial charge >= 0.3 is 5.97 Å². The molecule has 1 heterocycles. The molecule has 29 heavy (non-hydrogen) atoms. The lowest BCUT2D eigenvalue weighted by Crippen LogP contribution is -2.44. The standard InChI is InChI=1S/C24H29NO4/c1-18(29-24(27)22-10-6-9-21(16-22)17-28-2)23(26)25-13-11-20(12-14-25)15-19-7-4-3-5-8-19/h3-10,16,18,20H,11-15,17H2,1-2H3. The zero-order valence-corrected chi connectivity index (χ0v) is 17.2. The largest absolute Gasteiger partial charge is 0.449 e. The third-order valence-electron chi connectivity index (χ3n) is 5.40. The van der Waals surface area contributed by atoms with Crippen LogP contribution >= 0.6 is 0 Å². The molecule has 0 saturated carbocycles. The molecule has 1 fully saturated rings. The molecule has 0 bridgehead atoms. The first kappa shape index (κ1) is 21.1. The van der Waals surface area contributed by atoms with E-state index in [9.17, 15) is 9.59 Å². The summed E-state index contributed by atoms with van der Waals surface area (Å²) in [5, 5.41) is 0. The van der Waals surface area contributed by atoms with Gasteiger partial charge < -0.3 is 14.4 Å². The summed E-state index contributed by atoms with van der Waals surface area (Å²) < 4.78 is 10.5. The average Bonchev–Trinajstić information content (AvgIpc) is 2.75. The van der Waals surface area contributed by atoms with Crippen LogP contribution in [0.15, 0.2) is 54.6 Å². The second-order valence-electron chi connectivity index (χ2n) is 7.64. The highest BCUT2D eigenvalue weighted by atomic mass is 16.5. The zero-order valence-electron chi connectivity index (χ0n) is 17.2. The van der Waals surface area contributed by atoms with E-state index in [1.807, 2.05) is 17.0 Å². The van der Waals surface area contributed by atoms with Crippen molar-refractivity contribution >= 4 is 11.9 Å². The topological polar surface area (TPSA) is 55.8 Å². The lowest BCUT2D eigenvalue weighted by Gasteiger charge is -2.33. The summed E-state index contributed by atoms with van der Waals surface area (Å²) in [6.07, 6.45) is 2.20. The third-order valence-corrected chi connectivity index (χ3v) is 5.40. The molecule has 0 N–H and O–H groups in total. The minimum atomic E-state index is -0.792. The fourth-order valence-corrected chi connectivity index (χ4v) is 3.80. The van der Waals surface area contributed by atoms with Crippen LogP contribution in [0.5, 0.6) is 0 Å². The van der Waals surface area contributed by atoms with Crippen LogP contribution in [0.2, 0.25) is 0 Å². The molecule has 0 aliphatic carbocycles. The number of carbonyl (C=O) groups is 2. The Balaban J connectivity index is 1.49. The number of methoxy groups -OCH3 is 1. The van der Waals surface area contributed by atoms with Crippen molar-refractivity contribution in [2.75, 3.05) is 20.2 Å². The maximum Gasteiger partial charge on any atom is 0.338 e. The Morgan fingerprint density at radius 1 is 1.03 bits per heavy atom. The Bertz CT molecular complexity index is 813. The first-order valence-corrected chi connectivity index (χ1v) is 10.2. The number of esters is 1. The Morgan fingerprint density at radius 3 is 2.41 bits per heavy atom. The number of rotatable bonds is 7. The summed E-state index contributed by atoms with van der Waals surface area (Å²) in [4.78, 5) is 27.0. The molecule has 5 heteroatoms. The normalized spacial score (nSPS) is 15.7. The summed E-state index contributed by atoms with van der Waals surface area (Å²) in [6.45, 7) is 3.49. The van der Waals surface area contributed by atoms with Crippen LogP contribution in [0.1, 0.15) is 41.3 Å². The van der Waals surface area contributed by atoms with Crippen LogP contribution in [0.4, 0.5) is 0 Å². The van der Waals surface area contributed by atoms with Gasteiger partial charge in [-0.05, 0) is 55.4 Å². The number of likely N-dealkylation sites (tertiary alicyclic amines) is 1. The smallest absolute Gasteiger partial charge is 0.338 e. The van der Waals surface area contributed by atoms with Gasteiger partial charge in [-0.25, -0.2) is 4.79 Å². The van der Waals surface area contributed by atoms with Crippen molar-refractivity contribution in [2.45, 2.75) is 38.9 Å². The van der Waals surface area contributed by atoms with Crippen molar-refractivity contribution in [3.8, 4) is 0 Å². The highest BCUT2D eigenvalue weighted by Gasteiger charge is 2.28. The van der Waals surface area contributed by atoms with Gasteiger partial charge in [-0.2, -0.15) is 0 Å². The summed E-state index contributed by atoms with van der Waals surface area (Å²) in [6, 6.07) is 17.6. The predicted octanol–water partition coefficient (Wildman–Crippen LogP) is 3.86. The van der Waals surface area contributed by atoms with Crippen molar-refractivity contribution in [3.63, 3.8) is 0 Å². The number of hydrogen-bond donors (Lipinski definition) is 0. The molecule has 154 valence electrons. The Morgan fingerprint density at radius 2 is 1.72 bits per heavy atom. The maximum absolute atomic E-state index is 12.7. The third kappa shape index (κ3) is 5.91. The van der Waals surface area contributed by atoms with Crippen molar-refractivity contribution in [1.82, 2.24) is 4.90 Å². The van der Waals surface area contributed by atoms with Gasteiger partial charge in [0.2, 0.25) is 0 Å². The molecule has 0 spiro atoms. The molecule has 1 saturated heterocycles. The van der Waals surface area contributed by atoms with Gasteiger partial charge in [-0.3, -0.25) is 4.79 Å². The van der Waals surface area contributed by atoms with E-state index in [2.05, 4.69) is 24.3 Å². The lowest BCUT2D eigenvalue weighted by atomic mass is 9.90. The van der Waals surface area contributed by atoms with Gasteiger partial charge in [0.05, 0.1) is 12.2 Å². The van der Waals surface area contributed by atoms with Crippen molar-refractivity contribution in [2.24, 2.45) is 5.92 Å². The molecule has 1 atom stereocenters. The summed E-state index contributed by atoms with van der Waals surface area (Å²) in [7, 11) is 1.61. The number of piperidine rings is 1. The second kappa shape index (κ2) is 10.2. The maximum atomic E-state index is 12.7. The number of amides is 1. The van der Waals surface area contributed by atoms with E-state index in [4.69, 9.17) is 9.47 Å². The Labute approximate surface area is 172 Å². The van der Waals surface area contributed by atoms with E-state index in [0.29, 0.717) is 31.2 Å². The summed E-state index contributed by atoms with van der Waals surface area (Å²) in [5.41, 5.74) is 2.66. The molecule has 1 unspecified atom stereocenters. The second-order valence-corrected chi connectivity index (χ2v) is 7.64. The molecule has 3 rings (SSSR count). The van der Waals surface area contributed by atoms with Crippen LogP contribution < -0.4 is 0 Å². The van der Waals surface area contributed by atoms with Gasteiger partial charge in [0.1, 0.15) is 0 Å². The molecule has 2 aromatic rings. The zero-order chi connectivity index (χ0) is 20.6. The van der Waals surface area contributed by atoms with Crippen LogP contribution in [0.3, 0.4) is 0 Å². The van der Waals surface area contributed by atoms with Gasteiger partial charge in [0, 0.05) is 20.2 Å². The molecular weight excluding hydrogens is 366 g/mol. The van der Waals surface area contributed by atoms with Crippen molar-refractivity contribution in [3.05, 3.63) is 71.3 Å². The molecule has 0 radical (unpaired) electrons. The SMILES string of the molecule is COCc1cccc(C(=O)OC(C)C(=O)N2CCC(Cc3ccccc3)CC2)c1. The van der Waals surface area contributed by atoms with E-state index < -0.39 is 12.1 Å². The van der Waals surface area contributed by atoms with Gasteiger partial charge in [0.25, 0.3) is 5.91 Å². The van der Waals surface area contributed by atoms with Crippen LogP contribution in [-0.2, 0) is 27.3 Å². The fourth-order valence-electron chi connectivity index (χ4n) is 3.80. The van der Waals surface area contributed by atoms with Crippen LogP contribution in [-0.4, -0.2) is 43.1 Å². The van der Waals surface area contributed by atoms with Gasteiger partial charge in [0.15, 0.2) is 6.10 Å². The van der Waals surface area contributed by atoms with Crippen LogP contribution in [0, 0.1) is 5.92 Å². The minimum Gasteiger partial charge on any atom is -0.449 e. The number of ether oxygens (including phenoxy) is 2. The van der Waals surface area contributed by atoms with Gasteiger partial charge in [-0.15, -0.1) is 0 Å².